The maximum atomic E-state index is 11.6. The van der Waals surface area contributed by atoms with E-state index in [1.54, 1.807) is 12.4 Å². The fourth-order valence-electron chi connectivity index (χ4n) is 1.26. The Hall–Kier alpha value is -1.44. The third-order valence-corrected chi connectivity index (χ3v) is 2.01. The quantitative estimate of drug-likeness (QED) is 0.405. The molecule has 1 heterocycles. The molecule has 74 valence electrons. The van der Waals surface area contributed by atoms with E-state index in [4.69, 9.17) is 0 Å². The van der Waals surface area contributed by atoms with Crippen molar-refractivity contribution in [3.63, 3.8) is 0 Å². The van der Waals surface area contributed by atoms with Gasteiger partial charge in [0.15, 0.2) is 5.78 Å². The van der Waals surface area contributed by atoms with Gasteiger partial charge in [-0.2, -0.15) is 0 Å². The number of carbonyl (C=O) groups excluding carboxylic acids is 1. The molecule has 0 amide bonds. The summed E-state index contributed by atoms with van der Waals surface area (Å²) in [7, 11) is 0. The predicted molar refractivity (Wildman–Crippen MR) is 57.4 cm³/mol. The zero-order chi connectivity index (χ0) is 10.4. The maximum Gasteiger partial charge on any atom is 0.164 e. The molecular formula is C12H15NO. The van der Waals surface area contributed by atoms with Crippen molar-refractivity contribution in [2.75, 3.05) is 0 Å². The molecule has 0 atom stereocenters. The lowest BCUT2D eigenvalue weighted by Crippen LogP contribution is -1.99. The largest absolute Gasteiger partial charge is 0.294 e. The average molecular weight is 189 g/mol. The minimum atomic E-state index is 0.169. The van der Waals surface area contributed by atoms with Gasteiger partial charge in [-0.15, -0.1) is 6.58 Å². The van der Waals surface area contributed by atoms with Crippen molar-refractivity contribution >= 4 is 5.78 Å². The van der Waals surface area contributed by atoms with Gasteiger partial charge in [0, 0.05) is 24.4 Å². The van der Waals surface area contributed by atoms with Crippen molar-refractivity contribution < 1.29 is 4.79 Å². The van der Waals surface area contributed by atoms with E-state index in [2.05, 4.69) is 11.6 Å². The Kier molecular flexibility index (Phi) is 4.05. The molecule has 0 fully saturated rings. The molecular weight excluding hydrogens is 174 g/mol. The summed E-state index contributed by atoms with van der Waals surface area (Å²) in [5, 5.41) is 0. The number of ketones is 1. The lowest BCUT2D eigenvalue weighted by molar-refractivity contribution is 0.0980. The number of hydrogen-bond donors (Lipinski definition) is 0. The van der Waals surface area contributed by atoms with Crippen molar-refractivity contribution in [1.82, 2.24) is 4.98 Å². The first kappa shape index (κ1) is 10.6. The fraction of sp³-hybridized carbons (Fsp3) is 0.333. The van der Waals surface area contributed by atoms with E-state index in [0.717, 1.165) is 18.4 Å². The molecule has 2 heteroatoms. The van der Waals surface area contributed by atoms with Gasteiger partial charge in [0.25, 0.3) is 0 Å². The van der Waals surface area contributed by atoms with Crippen LogP contribution in [0.3, 0.4) is 0 Å². The van der Waals surface area contributed by atoms with Crippen molar-refractivity contribution in [3.05, 3.63) is 42.2 Å². The summed E-state index contributed by atoms with van der Waals surface area (Å²) in [4.78, 5) is 15.6. The molecule has 0 radical (unpaired) electrons. The van der Waals surface area contributed by atoms with Gasteiger partial charge in [-0.25, -0.2) is 0 Å². The highest BCUT2D eigenvalue weighted by Gasteiger charge is 2.04. The summed E-state index contributed by atoms with van der Waals surface area (Å²) in [5.74, 6) is 0.169. The first-order valence-electron chi connectivity index (χ1n) is 4.80. The lowest BCUT2D eigenvalue weighted by Gasteiger charge is -2.00. The third-order valence-electron chi connectivity index (χ3n) is 2.01. The molecule has 1 rings (SSSR count). The summed E-state index contributed by atoms with van der Waals surface area (Å²) in [6, 6.07) is 1.88. The van der Waals surface area contributed by atoms with Crippen LogP contribution in [0.2, 0.25) is 0 Å². The van der Waals surface area contributed by atoms with Crippen LogP contribution in [0, 0.1) is 6.92 Å². The van der Waals surface area contributed by atoms with Gasteiger partial charge in [-0.05, 0) is 31.4 Å². The highest BCUT2D eigenvalue weighted by atomic mass is 16.1. The molecule has 0 spiro atoms. The highest BCUT2D eigenvalue weighted by molar-refractivity contribution is 5.95. The van der Waals surface area contributed by atoms with Crippen LogP contribution >= 0.6 is 0 Å². The second-order valence-corrected chi connectivity index (χ2v) is 3.36. The number of rotatable bonds is 5. The highest BCUT2D eigenvalue weighted by Crippen LogP contribution is 2.07. The molecule has 2 nitrogen and oxygen atoms in total. The number of nitrogens with zero attached hydrogens (tertiary/aromatic N) is 1. The SMILES string of the molecule is C=CCCCC(=O)c1cncc(C)c1. The Morgan fingerprint density at radius 2 is 2.36 bits per heavy atom. The number of aromatic nitrogens is 1. The van der Waals surface area contributed by atoms with Gasteiger partial charge in [-0.3, -0.25) is 9.78 Å². The third kappa shape index (κ3) is 3.13. The lowest BCUT2D eigenvalue weighted by atomic mass is 10.1. The molecule has 0 unspecified atom stereocenters. The average Bonchev–Trinajstić information content (AvgIpc) is 2.18. The van der Waals surface area contributed by atoms with Gasteiger partial charge >= 0.3 is 0 Å². The summed E-state index contributed by atoms with van der Waals surface area (Å²) in [6.45, 7) is 5.56. The minimum Gasteiger partial charge on any atom is -0.294 e. The summed E-state index contributed by atoms with van der Waals surface area (Å²) < 4.78 is 0. The van der Waals surface area contributed by atoms with E-state index in [1.807, 2.05) is 19.1 Å². The second-order valence-electron chi connectivity index (χ2n) is 3.36. The van der Waals surface area contributed by atoms with Gasteiger partial charge < -0.3 is 0 Å². The van der Waals surface area contributed by atoms with E-state index in [0.29, 0.717) is 12.0 Å². The van der Waals surface area contributed by atoms with Crippen LogP contribution < -0.4 is 0 Å². The molecule has 1 aromatic rings. The first-order valence-corrected chi connectivity index (χ1v) is 4.80. The van der Waals surface area contributed by atoms with Crippen LogP contribution in [-0.4, -0.2) is 10.8 Å². The molecule has 0 N–H and O–H groups in total. The van der Waals surface area contributed by atoms with E-state index < -0.39 is 0 Å². The standard InChI is InChI=1S/C12H15NO/c1-3-4-5-6-12(14)11-7-10(2)8-13-9-11/h3,7-9H,1,4-6H2,2H3. The van der Waals surface area contributed by atoms with Crippen LogP contribution in [0.15, 0.2) is 31.1 Å². The van der Waals surface area contributed by atoms with Gasteiger partial charge in [0.05, 0.1) is 0 Å². The van der Waals surface area contributed by atoms with E-state index in [9.17, 15) is 4.79 Å². The second kappa shape index (κ2) is 5.32. The Bertz CT molecular complexity index is 331. The topological polar surface area (TPSA) is 30.0 Å². The molecule has 0 aromatic carbocycles. The van der Waals surface area contributed by atoms with Gasteiger partial charge in [-0.1, -0.05) is 6.08 Å². The Morgan fingerprint density at radius 1 is 1.57 bits per heavy atom. The van der Waals surface area contributed by atoms with E-state index in [-0.39, 0.29) is 5.78 Å². The number of hydrogen-bond acceptors (Lipinski definition) is 2. The summed E-state index contributed by atoms with van der Waals surface area (Å²) in [5.41, 5.74) is 1.74. The number of unbranched alkanes of at least 4 members (excludes halogenated alkanes) is 1. The zero-order valence-corrected chi connectivity index (χ0v) is 8.49. The Morgan fingerprint density at radius 3 is 3.00 bits per heavy atom. The van der Waals surface area contributed by atoms with Crippen molar-refractivity contribution in [2.45, 2.75) is 26.2 Å². The first-order chi connectivity index (χ1) is 6.74. The van der Waals surface area contributed by atoms with Gasteiger partial charge in [0.1, 0.15) is 0 Å². The van der Waals surface area contributed by atoms with Crippen LogP contribution in [-0.2, 0) is 0 Å². The molecule has 14 heavy (non-hydrogen) atoms. The number of pyridine rings is 1. The predicted octanol–water partition coefficient (Wildman–Crippen LogP) is 2.93. The molecule has 0 bridgehead atoms. The molecule has 0 saturated carbocycles. The molecule has 0 aliphatic heterocycles. The number of Topliss-reactive ketones (excluding diaryl/α,β-unsaturated/α-hetero) is 1. The molecule has 0 aliphatic carbocycles. The monoisotopic (exact) mass is 189 g/mol. The van der Waals surface area contributed by atoms with E-state index >= 15 is 0 Å². The van der Waals surface area contributed by atoms with Crippen LogP contribution in [0.1, 0.15) is 35.2 Å². The van der Waals surface area contributed by atoms with Crippen LogP contribution in [0.4, 0.5) is 0 Å². The normalized spacial score (nSPS) is 9.79. The van der Waals surface area contributed by atoms with Crippen LogP contribution in [0.25, 0.3) is 0 Å². The van der Waals surface area contributed by atoms with Crippen molar-refractivity contribution in [2.24, 2.45) is 0 Å². The fourth-order valence-corrected chi connectivity index (χ4v) is 1.26. The van der Waals surface area contributed by atoms with Crippen molar-refractivity contribution in [1.29, 1.82) is 0 Å². The summed E-state index contributed by atoms with van der Waals surface area (Å²) in [6.07, 6.45) is 7.56. The maximum absolute atomic E-state index is 11.6. The Labute approximate surface area is 84.7 Å². The van der Waals surface area contributed by atoms with Crippen molar-refractivity contribution in [3.8, 4) is 0 Å². The van der Waals surface area contributed by atoms with Crippen LogP contribution in [0.5, 0.6) is 0 Å². The molecule has 1 aromatic heterocycles. The number of carbonyl (C=O) groups is 1. The Balaban J connectivity index is 2.56. The number of aryl methyl sites for hydroxylation is 1. The van der Waals surface area contributed by atoms with Gasteiger partial charge in [0.2, 0.25) is 0 Å². The molecule has 0 saturated heterocycles. The molecule has 0 aliphatic rings. The minimum absolute atomic E-state index is 0.169. The van der Waals surface area contributed by atoms with E-state index in [1.165, 1.54) is 0 Å². The smallest absolute Gasteiger partial charge is 0.164 e. The number of allylic oxidation sites excluding steroid dienone is 1. The summed E-state index contributed by atoms with van der Waals surface area (Å²) >= 11 is 0. The zero-order valence-electron chi connectivity index (χ0n) is 8.49.